The second kappa shape index (κ2) is 10.5. The number of hydrogen-bond acceptors (Lipinski definition) is 8. The van der Waals surface area contributed by atoms with Gasteiger partial charge in [0, 0.05) is 0 Å². The first kappa shape index (κ1) is 30.6. The average molecular weight is 633 g/mol. The predicted octanol–water partition coefficient (Wildman–Crippen LogP) is 4.73. The molecule has 0 aliphatic heterocycles. The summed E-state index contributed by atoms with van der Waals surface area (Å²) < 4.78 is 113. The molecule has 0 N–H and O–H groups in total. The summed E-state index contributed by atoms with van der Waals surface area (Å²) in [6.45, 7) is 6.55. The second-order valence-corrected chi connectivity index (χ2v) is 19.7. The average Bonchev–Trinajstić information content (AvgIpc) is 2.89. The minimum atomic E-state index is -5.79. The van der Waals surface area contributed by atoms with Gasteiger partial charge in [-0.25, -0.2) is 33.7 Å². The summed E-state index contributed by atoms with van der Waals surface area (Å²) in [6, 6.07) is 18.6. The van der Waals surface area contributed by atoms with Gasteiger partial charge < -0.3 is 0 Å². The molecule has 0 heterocycles. The number of sulfone groups is 4. The number of aryl methyl sites for hydroxylation is 4. The van der Waals surface area contributed by atoms with E-state index in [1.54, 1.807) is 27.7 Å². The number of hydrogen-bond donors (Lipinski definition) is 0. The maximum absolute atomic E-state index is 14.7. The molecular formula is C29H28O8S4. The van der Waals surface area contributed by atoms with E-state index in [1.807, 2.05) is 0 Å². The third-order valence-electron chi connectivity index (χ3n) is 6.64. The van der Waals surface area contributed by atoms with Crippen LogP contribution in [0, 0.1) is 27.7 Å². The molecule has 41 heavy (non-hydrogen) atoms. The first-order valence-corrected chi connectivity index (χ1v) is 18.2. The summed E-state index contributed by atoms with van der Waals surface area (Å²) in [5.41, 5.74) is 2.33. The Morgan fingerprint density at radius 2 is 0.463 bits per heavy atom. The van der Waals surface area contributed by atoms with E-state index < -0.39 is 61.7 Å². The highest BCUT2D eigenvalue weighted by Gasteiger charge is 2.75. The van der Waals surface area contributed by atoms with Crippen LogP contribution in [0.1, 0.15) is 22.3 Å². The topological polar surface area (TPSA) is 137 Å². The van der Waals surface area contributed by atoms with Gasteiger partial charge in [0.05, 0.1) is 19.6 Å². The van der Waals surface area contributed by atoms with Gasteiger partial charge in [0.1, 0.15) is 0 Å². The molecule has 0 atom stereocenters. The molecule has 8 nitrogen and oxygen atoms in total. The number of benzene rings is 4. The van der Waals surface area contributed by atoms with Gasteiger partial charge in [0.2, 0.25) is 39.3 Å². The Kier molecular flexibility index (Phi) is 7.85. The first-order chi connectivity index (χ1) is 19.0. The fourth-order valence-corrected chi connectivity index (χ4v) is 17.8. The standard InChI is InChI=1S/C29H28O8S4/c1-21-5-13-25(14-6-21)38(30,31)29(39(32,33)26-15-7-22(2)8-16-26,40(34,35)27-17-9-23(3)10-18-27)41(36,37)28-19-11-24(4)12-20-28/h5-20H,1-4H3. The van der Waals surface area contributed by atoms with Crippen molar-refractivity contribution in [1.82, 2.24) is 0 Å². The Morgan fingerprint density at radius 3 is 0.610 bits per heavy atom. The molecule has 0 bridgehead atoms. The third-order valence-corrected chi connectivity index (χ3v) is 20.7. The van der Waals surface area contributed by atoms with Crippen molar-refractivity contribution in [2.45, 2.75) is 50.0 Å². The molecule has 4 rings (SSSR count). The molecule has 0 aliphatic carbocycles. The van der Waals surface area contributed by atoms with Crippen LogP contribution in [0.2, 0.25) is 0 Å². The van der Waals surface area contributed by atoms with Crippen LogP contribution in [-0.4, -0.2) is 36.4 Å². The van der Waals surface area contributed by atoms with Gasteiger partial charge in [-0.15, -0.1) is 0 Å². The molecule has 0 unspecified atom stereocenters. The smallest absolute Gasteiger partial charge is 0.220 e. The van der Waals surface area contributed by atoms with Gasteiger partial charge in [-0.1, -0.05) is 70.8 Å². The third kappa shape index (κ3) is 4.72. The van der Waals surface area contributed by atoms with E-state index in [1.165, 1.54) is 48.5 Å². The van der Waals surface area contributed by atoms with Gasteiger partial charge in [-0.05, 0) is 76.2 Å². The summed E-state index contributed by atoms with van der Waals surface area (Å²) in [6.07, 6.45) is 0. The van der Waals surface area contributed by atoms with Crippen LogP contribution < -0.4 is 0 Å². The normalized spacial score (nSPS) is 13.2. The molecule has 0 aliphatic rings. The Labute approximate surface area is 241 Å². The highest BCUT2D eigenvalue weighted by molar-refractivity contribution is 8.39. The molecule has 0 aromatic heterocycles. The van der Waals surface area contributed by atoms with Crippen molar-refractivity contribution in [3.63, 3.8) is 0 Å². The molecule has 0 saturated heterocycles. The molecular weight excluding hydrogens is 605 g/mol. The Hall–Kier alpha value is -3.32. The highest BCUT2D eigenvalue weighted by atomic mass is 32.4. The summed E-state index contributed by atoms with van der Waals surface area (Å²) in [5.74, 6) is 0. The molecule has 216 valence electrons. The molecule has 0 saturated carbocycles. The van der Waals surface area contributed by atoms with Crippen LogP contribution in [0.15, 0.2) is 117 Å². The van der Waals surface area contributed by atoms with E-state index in [0.717, 1.165) is 48.5 Å². The van der Waals surface area contributed by atoms with Crippen LogP contribution in [0.4, 0.5) is 0 Å². The van der Waals surface area contributed by atoms with Crippen molar-refractivity contribution in [3.05, 3.63) is 119 Å². The van der Waals surface area contributed by atoms with Crippen molar-refractivity contribution in [3.8, 4) is 0 Å². The van der Waals surface area contributed by atoms with Gasteiger partial charge in [-0.2, -0.15) is 0 Å². The van der Waals surface area contributed by atoms with E-state index in [0.29, 0.717) is 22.3 Å². The zero-order chi connectivity index (χ0) is 30.4. The minimum Gasteiger partial charge on any atom is -0.220 e. The van der Waals surface area contributed by atoms with Crippen LogP contribution in [-0.2, 0) is 39.3 Å². The molecule has 0 spiro atoms. The van der Waals surface area contributed by atoms with Gasteiger partial charge in [0.25, 0.3) is 0 Å². The quantitative estimate of drug-likeness (QED) is 0.272. The van der Waals surface area contributed by atoms with Crippen LogP contribution >= 0.6 is 0 Å². The largest absolute Gasteiger partial charge is 0.387 e. The van der Waals surface area contributed by atoms with Crippen LogP contribution in [0.5, 0.6) is 0 Å². The summed E-state index contributed by atoms with van der Waals surface area (Å²) in [5, 5.41) is 0. The van der Waals surface area contributed by atoms with Crippen molar-refractivity contribution in [2.75, 3.05) is 0 Å². The monoisotopic (exact) mass is 632 g/mol. The molecule has 4 aromatic carbocycles. The Morgan fingerprint density at radius 1 is 0.317 bits per heavy atom. The zero-order valence-corrected chi connectivity index (χ0v) is 25.9. The first-order valence-electron chi connectivity index (χ1n) is 12.3. The van der Waals surface area contributed by atoms with Gasteiger partial charge in [-0.3, -0.25) is 0 Å². The van der Waals surface area contributed by atoms with E-state index in [9.17, 15) is 33.7 Å². The van der Waals surface area contributed by atoms with E-state index in [4.69, 9.17) is 0 Å². The van der Waals surface area contributed by atoms with Crippen LogP contribution in [0.3, 0.4) is 0 Å². The molecule has 0 amide bonds. The SMILES string of the molecule is Cc1ccc(S(=O)(=O)C(S(=O)(=O)c2ccc(C)cc2)(S(=O)(=O)c2ccc(C)cc2)S(=O)(=O)c2ccc(C)cc2)cc1. The lowest BCUT2D eigenvalue weighted by atomic mass is 10.2. The maximum Gasteiger partial charge on any atom is 0.387 e. The molecule has 0 fully saturated rings. The highest BCUT2D eigenvalue weighted by Crippen LogP contribution is 2.49. The minimum absolute atomic E-state index is 0.582. The van der Waals surface area contributed by atoms with Crippen molar-refractivity contribution >= 4 is 39.3 Å². The lowest BCUT2D eigenvalue weighted by molar-refractivity contribution is 0.554. The maximum atomic E-state index is 14.7. The zero-order valence-electron chi connectivity index (χ0n) is 22.6. The van der Waals surface area contributed by atoms with E-state index in [-0.39, 0.29) is 0 Å². The van der Waals surface area contributed by atoms with Gasteiger partial charge >= 0.3 is 2.74 Å². The predicted molar refractivity (Wildman–Crippen MR) is 156 cm³/mol. The fourth-order valence-electron chi connectivity index (χ4n) is 4.31. The summed E-state index contributed by atoms with van der Waals surface area (Å²) >= 11 is 0. The molecule has 12 heteroatoms. The van der Waals surface area contributed by atoms with E-state index in [2.05, 4.69) is 0 Å². The lowest BCUT2D eigenvalue weighted by Crippen LogP contribution is -2.58. The van der Waals surface area contributed by atoms with Crippen LogP contribution in [0.25, 0.3) is 0 Å². The number of rotatable bonds is 8. The molecule has 4 aromatic rings. The molecule has 0 radical (unpaired) electrons. The fraction of sp³-hybridized carbons (Fsp3) is 0.172. The van der Waals surface area contributed by atoms with Crippen molar-refractivity contribution in [2.24, 2.45) is 0 Å². The van der Waals surface area contributed by atoms with Crippen molar-refractivity contribution < 1.29 is 33.7 Å². The lowest BCUT2D eigenvalue weighted by Gasteiger charge is -2.32. The van der Waals surface area contributed by atoms with Crippen molar-refractivity contribution in [1.29, 1.82) is 0 Å². The summed E-state index contributed by atoms with van der Waals surface area (Å²) in [7, 11) is -23.2. The van der Waals surface area contributed by atoms with E-state index >= 15 is 0 Å². The Bertz CT molecular complexity index is 1720. The summed E-state index contributed by atoms with van der Waals surface area (Å²) in [4.78, 5) is -3.15. The van der Waals surface area contributed by atoms with Gasteiger partial charge in [0.15, 0.2) is 0 Å². The second-order valence-electron chi connectivity index (χ2n) is 9.77. The Balaban J connectivity index is 2.33.